The monoisotopic (exact) mass is 242 g/mol. The molecule has 0 spiro atoms. The summed E-state index contributed by atoms with van der Waals surface area (Å²) in [5, 5.41) is 0. The summed E-state index contributed by atoms with van der Waals surface area (Å²) >= 11 is 0. The molecule has 2 heteroatoms. The van der Waals surface area contributed by atoms with Crippen molar-refractivity contribution < 1.29 is 9.53 Å². The second-order valence-electron chi connectivity index (χ2n) is 5.80. The molecule has 0 N–H and O–H groups in total. The maximum absolute atomic E-state index is 11.8. The molecule has 1 aromatic rings. The SMILES string of the molecule is CC1=C[C@@]2(C)c3cc(C)cc(C)c3O[C@H]2CC1=O. The minimum absolute atomic E-state index is 0.0378. The van der Waals surface area contributed by atoms with Crippen molar-refractivity contribution in [2.24, 2.45) is 0 Å². The van der Waals surface area contributed by atoms with Gasteiger partial charge in [-0.2, -0.15) is 0 Å². The van der Waals surface area contributed by atoms with Crippen molar-refractivity contribution in [1.29, 1.82) is 0 Å². The highest BCUT2D eigenvalue weighted by Gasteiger charge is 2.48. The number of ether oxygens (including phenoxy) is 1. The minimum atomic E-state index is -0.149. The van der Waals surface area contributed by atoms with Gasteiger partial charge in [-0.25, -0.2) is 0 Å². The first kappa shape index (κ1) is 11.5. The molecule has 18 heavy (non-hydrogen) atoms. The van der Waals surface area contributed by atoms with E-state index in [0.717, 1.165) is 11.3 Å². The Balaban J connectivity index is 2.23. The van der Waals surface area contributed by atoms with Gasteiger partial charge in [-0.05, 0) is 38.8 Å². The number of fused-ring (bicyclic) bond motifs is 3. The molecule has 0 saturated carbocycles. The third-order valence-corrected chi connectivity index (χ3v) is 4.26. The van der Waals surface area contributed by atoms with Crippen LogP contribution in [0.5, 0.6) is 5.75 Å². The largest absolute Gasteiger partial charge is 0.488 e. The minimum Gasteiger partial charge on any atom is -0.488 e. The van der Waals surface area contributed by atoms with Crippen molar-refractivity contribution in [3.05, 3.63) is 40.5 Å². The quantitative estimate of drug-likeness (QED) is 0.698. The van der Waals surface area contributed by atoms with Gasteiger partial charge in [0.05, 0.1) is 5.41 Å². The van der Waals surface area contributed by atoms with Gasteiger partial charge in [0.1, 0.15) is 11.9 Å². The summed E-state index contributed by atoms with van der Waals surface area (Å²) in [6.45, 7) is 8.27. The summed E-state index contributed by atoms with van der Waals surface area (Å²) in [6.07, 6.45) is 2.55. The summed E-state index contributed by atoms with van der Waals surface area (Å²) in [5.74, 6) is 1.19. The van der Waals surface area contributed by atoms with E-state index in [0.29, 0.717) is 6.42 Å². The normalized spacial score (nSPS) is 29.4. The summed E-state index contributed by atoms with van der Waals surface area (Å²) in [6, 6.07) is 4.33. The Kier molecular flexibility index (Phi) is 2.22. The highest BCUT2D eigenvalue weighted by Crippen LogP contribution is 2.49. The number of carbonyl (C=O) groups is 1. The zero-order valence-electron chi connectivity index (χ0n) is 11.3. The lowest BCUT2D eigenvalue weighted by molar-refractivity contribution is -0.118. The predicted molar refractivity (Wildman–Crippen MR) is 71.1 cm³/mol. The topological polar surface area (TPSA) is 26.3 Å². The van der Waals surface area contributed by atoms with Gasteiger partial charge < -0.3 is 4.74 Å². The molecule has 2 nitrogen and oxygen atoms in total. The molecule has 1 aliphatic carbocycles. The molecule has 0 radical (unpaired) electrons. The second kappa shape index (κ2) is 3.47. The van der Waals surface area contributed by atoms with Crippen LogP contribution in [0.1, 0.15) is 37.0 Å². The van der Waals surface area contributed by atoms with Crippen LogP contribution in [0.15, 0.2) is 23.8 Å². The summed E-state index contributed by atoms with van der Waals surface area (Å²) in [5.41, 5.74) is 4.37. The van der Waals surface area contributed by atoms with Crippen LogP contribution in [0.2, 0.25) is 0 Å². The van der Waals surface area contributed by atoms with Crippen LogP contribution in [0.25, 0.3) is 0 Å². The fourth-order valence-corrected chi connectivity index (χ4v) is 3.23. The van der Waals surface area contributed by atoms with Crippen LogP contribution in [0, 0.1) is 13.8 Å². The molecule has 0 amide bonds. The molecule has 0 unspecified atom stereocenters. The van der Waals surface area contributed by atoms with Crippen LogP contribution < -0.4 is 4.74 Å². The van der Waals surface area contributed by atoms with Crippen molar-refractivity contribution >= 4 is 5.78 Å². The molecule has 0 aromatic heterocycles. The number of ketones is 1. The second-order valence-corrected chi connectivity index (χ2v) is 5.80. The first-order valence-corrected chi connectivity index (χ1v) is 6.43. The van der Waals surface area contributed by atoms with Crippen molar-refractivity contribution in [2.75, 3.05) is 0 Å². The number of rotatable bonds is 0. The first-order chi connectivity index (χ1) is 8.41. The molecule has 2 aliphatic rings. The van der Waals surface area contributed by atoms with Gasteiger partial charge in [-0.15, -0.1) is 0 Å². The smallest absolute Gasteiger partial charge is 0.162 e. The molecule has 0 saturated heterocycles. The standard InChI is InChI=1S/C16H18O2/c1-9-5-10(2)15-12(6-9)16(4)8-11(3)13(17)7-14(16)18-15/h5-6,8,14H,7H2,1-4H3/t14-,16-/m0/s1. The third-order valence-electron chi connectivity index (χ3n) is 4.26. The molecule has 0 fully saturated rings. The summed E-state index contributed by atoms with van der Waals surface area (Å²) in [4.78, 5) is 11.8. The first-order valence-electron chi connectivity index (χ1n) is 6.43. The van der Waals surface area contributed by atoms with Crippen molar-refractivity contribution in [3.8, 4) is 5.75 Å². The molecular formula is C16H18O2. The predicted octanol–water partition coefficient (Wildman–Crippen LogP) is 3.24. The number of carbonyl (C=O) groups excluding carboxylic acids is 1. The maximum Gasteiger partial charge on any atom is 0.162 e. The van der Waals surface area contributed by atoms with Crippen molar-refractivity contribution in [1.82, 2.24) is 0 Å². The average molecular weight is 242 g/mol. The van der Waals surface area contributed by atoms with Gasteiger partial charge in [-0.3, -0.25) is 4.79 Å². The zero-order chi connectivity index (χ0) is 13.1. The van der Waals surface area contributed by atoms with Crippen molar-refractivity contribution in [2.45, 2.75) is 45.6 Å². The number of allylic oxidation sites excluding steroid dienone is 1. The molecule has 0 bridgehead atoms. The zero-order valence-corrected chi connectivity index (χ0v) is 11.3. The van der Waals surface area contributed by atoms with Gasteiger partial charge >= 0.3 is 0 Å². The fourth-order valence-electron chi connectivity index (χ4n) is 3.23. The highest BCUT2D eigenvalue weighted by molar-refractivity contribution is 5.97. The number of hydrogen-bond acceptors (Lipinski definition) is 2. The van der Waals surface area contributed by atoms with Gasteiger partial charge in [0.2, 0.25) is 0 Å². The molecule has 3 rings (SSSR count). The van der Waals surface area contributed by atoms with E-state index in [1.165, 1.54) is 16.7 Å². The van der Waals surface area contributed by atoms with Gasteiger partial charge in [0.25, 0.3) is 0 Å². The van der Waals surface area contributed by atoms with E-state index in [1.54, 1.807) is 0 Å². The van der Waals surface area contributed by atoms with Crippen LogP contribution >= 0.6 is 0 Å². The van der Waals surface area contributed by atoms with E-state index in [2.05, 4.69) is 39.0 Å². The van der Waals surface area contributed by atoms with Gasteiger partial charge in [0.15, 0.2) is 5.78 Å². The lowest BCUT2D eigenvalue weighted by atomic mass is 9.71. The highest BCUT2D eigenvalue weighted by atomic mass is 16.5. The summed E-state index contributed by atoms with van der Waals surface area (Å²) < 4.78 is 6.05. The molecule has 1 heterocycles. The van der Waals surface area contributed by atoms with Crippen LogP contribution in [-0.2, 0) is 10.2 Å². The van der Waals surface area contributed by atoms with Crippen LogP contribution in [0.4, 0.5) is 0 Å². The Morgan fingerprint density at radius 1 is 1.28 bits per heavy atom. The summed E-state index contributed by atoms with van der Waals surface area (Å²) in [7, 11) is 0. The van der Waals surface area contributed by atoms with E-state index >= 15 is 0 Å². The Morgan fingerprint density at radius 3 is 2.72 bits per heavy atom. The van der Waals surface area contributed by atoms with Crippen LogP contribution in [-0.4, -0.2) is 11.9 Å². The van der Waals surface area contributed by atoms with E-state index in [4.69, 9.17) is 4.74 Å². The Bertz CT molecular complexity index is 583. The van der Waals surface area contributed by atoms with E-state index in [-0.39, 0.29) is 17.3 Å². The number of benzene rings is 1. The lowest BCUT2D eigenvalue weighted by Gasteiger charge is -2.31. The van der Waals surface area contributed by atoms with E-state index < -0.39 is 0 Å². The van der Waals surface area contributed by atoms with Crippen LogP contribution in [0.3, 0.4) is 0 Å². The van der Waals surface area contributed by atoms with Crippen molar-refractivity contribution in [3.63, 3.8) is 0 Å². The van der Waals surface area contributed by atoms with E-state index in [9.17, 15) is 4.79 Å². The van der Waals surface area contributed by atoms with Gasteiger partial charge in [-0.1, -0.05) is 23.8 Å². The molecule has 1 aromatic carbocycles. The molecule has 1 aliphatic heterocycles. The molecule has 94 valence electrons. The maximum atomic E-state index is 11.8. The Hall–Kier alpha value is -1.57. The Labute approximate surface area is 108 Å². The molecule has 2 atom stereocenters. The van der Waals surface area contributed by atoms with E-state index in [1.807, 2.05) is 6.92 Å². The number of hydrogen-bond donors (Lipinski definition) is 0. The molecular weight excluding hydrogens is 224 g/mol. The fraction of sp³-hybridized carbons (Fsp3) is 0.438. The number of Topliss-reactive ketones (excluding diaryl/α,β-unsaturated/α-hetero) is 1. The Morgan fingerprint density at radius 2 is 2.00 bits per heavy atom. The average Bonchev–Trinajstić information content (AvgIpc) is 2.54. The lowest BCUT2D eigenvalue weighted by Crippen LogP contribution is -2.39. The third kappa shape index (κ3) is 1.38. The number of aryl methyl sites for hydroxylation is 2. The van der Waals surface area contributed by atoms with Gasteiger partial charge in [0, 0.05) is 12.0 Å².